The predicted octanol–water partition coefficient (Wildman–Crippen LogP) is 1.15. The first-order valence-corrected chi connectivity index (χ1v) is 6.04. The summed E-state index contributed by atoms with van der Waals surface area (Å²) in [5, 5.41) is 0. The van der Waals surface area contributed by atoms with E-state index in [0.29, 0.717) is 6.20 Å². The molecule has 0 amide bonds. The molecule has 1 rings (SSSR count). The highest BCUT2D eigenvalue weighted by Crippen LogP contribution is 2.28. The van der Waals surface area contributed by atoms with Crippen molar-refractivity contribution < 1.29 is 21.6 Å². The number of aromatic nitrogens is 1. The fourth-order valence-corrected chi connectivity index (χ4v) is 1.31. The Bertz CT molecular complexity index is 453. The van der Waals surface area contributed by atoms with Gasteiger partial charge >= 0.3 is 6.18 Å². The molecule has 8 heteroatoms. The molecule has 1 heterocycles. The van der Waals surface area contributed by atoms with Crippen molar-refractivity contribution in [2.45, 2.75) is 12.7 Å². The van der Waals surface area contributed by atoms with Crippen LogP contribution in [0.2, 0.25) is 0 Å². The van der Waals surface area contributed by atoms with Gasteiger partial charge in [0, 0.05) is 6.20 Å². The molecule has 0 aliphatic carbocycles. The van der Waals surface area contributed by atoms with Crippen LogP contribution in [0.15, 0.2) is 18.3 Å². The van der Waals surface area contributed by atoms with E-state index >= 15 is 0 Å². The molecule has 90 valence electrons. The summed E-state index contributed by atoms with van der Waals surface area (Å²) in [7, 11) is -3.37. The van der Waals surface area contributed by atoms with Gasteiger partial charge in [0.25, 0.3) is 0 Å². The van der Waals surface area contributed by atoms with Gasteiger partial charge in [-0.2, -0.15) is 13.2 Å². The Morgan fingerprint density at radius 1 is 1.38 bits per heavy atom. The molecule has 4 nitrogen and oxygen atoms in total. The van der Waals surface area contributed by atoms with E-state index < -0.39 is 21.8 Å². The summed E-state index contributed by atoms with van der Waals surface area (Å²) < 4.78 is 60.0. The molecule has 0 saturated heterocycles. The fourth-order valence-electron chi connectivity index (χ4n) is 0.902. The Labute approximate surface area is 90.6 Å². The summed E-state index contributed by atoms with van der Waals surface area (Å²) in [6, 6.07) is 1.98. The van der Waals surface area contributed by atoms with Crippen molar-refractivity contribution in [1.82, 2.24) is 9.71 Å². The highest BCUT2D eigenvalue weighted by Gasteiger charge is 2.30. The average Bonchev–Trinajstić information content (AvgIpc) is 2.13. The summed E-state index contributed by atoms with van der Waals surface area (Å²) in [5.74, 6) is 0. The zero-order valence-electron chi connectivity index (χ0n) is 8.25. The van der Waals surface area contributed by atoms with Crippen LogP contribution in [-0.2, 0) is 22.7 Å². The maximum absolute atomic E-state index is 12.1. The number of halogens is 3. The third-order valence-corrected chi connectivity index (χ3v) is 2.34. The van der Waals surface area contributed by atoms with Gasteiger partial charge in [0.15, 0.2) is 0 Å². The second-order valence-electron chi connectivity index (χ2n) is 3.13. The molecular formula is C8H9F3N2O2S. The Morgan fingerprint density at radius 2 is 2.00 bits per heavy atom. The summed E-state index contributed by atoms with van der Waals surface area (Å²) in [6.45, 7) is -0.128. The van der Waals surface area contributed by atoms with Crippen molar-refractivity contribution in [1.29, 1.82) is 0 Å². The number of alkyl halides is 3. The van der Waals surface area contributed by atoms with Crippen LogP contribution in [0.5, 0.6) is 0 Å². The molecule has 0 bridgehead atoms. The van der Waals surface area contributed by atoms with Crippen LogP contribution in [0.1, 0.15) is 11.3 Å². The number of hydrogen-bond acceptors (Lipinski definition) is 3. The molecule has 0 saturated carbocycles. The van der Waals surface area contributed by atoms with Crippen LogP contribution < -0.4 is 4.72 Å². The molecule has 0 fully saturated rings. The summed E-state index contributed by atoms with van der Waals surface area (Å²) >= 11 is 0. The van der Waals surface area contributed by atoms with E-state index in [9.17, 15) is 21.6 Å². The van der Waals surface area contributed by atoms with Gasteiger partial charge in [-0.1, -0.05) is 0 Å². The fraction of sp³-hybridized carbons (Fsp3) is 0.375. The number of rotatable bonds is 3. The van der Waals surface area contributed by atoms with Gasteiger partial charge in [0.2, 0.25) is 10.0 Å². The lowest BCUT2D eigenvalue weighted by Gasteiger charge is -2.06. The maximum Gasteiger partial charge on any atom is 0.417 e. The van der Waals surface area contributed by atoms with Gasteiger partial charge in [-0.15, -0.1) is 0 Å². The zero-order chi connectivity index (χ0) is 12.4. The Kier molecular flexibility index (Phi) is 3.54. The Balaban J connectivity index is 2.73. The first kappa shape index (κ1) is 12.9. The van der Waals surface area contributed by atoms with Gasteiger partial charge < -0.3 is 0 Å². The van der Waals surface area contributed by atoms with Crippen molar-refractivity contribution in [2.24, 2.45) is 0 Å². The standard InChI is InChI=1S/C8H9F3N2O2S/c1-16(14,15)13-5-7-3-2-6(4-12-7)8(9,10)11/h2-4,13H,5H2,1H3. The zero-order valence-corrected chi connectivity index (χ0v) is 9.06. The quantitative estimate of drug-likeness (QED) is 0.880. The molecular weight excluding hydrogens is 245 g/mol. The lowest BCUT2D eigenvalue weighted by molar-refractivity contribution is -0.137. The minimum Gasteiger partial charge on any atom is -0.259 e. The van der Waals surface area contributed by atoms with Gasteiger partial charge in [-0.25, -0.2) is 13.1 Å². The van der Waals surface area contributed by atoms with Crippen LogP contribution in [0.3, 0.4) is 0 Å². The van der Waals surface area contributed by atoms with E-state index in [1.165, 1.54) is 0 Å². The molecule has 1 aromatic heterocycles. The molecule has 0 radical (unpaired) electrons. The molecule has 1 N–H and O–H groups in total. The molecule has 0 aromatic carbocycles. The minimum absolute atomic E-state index is 0.128. The van der Waals surface area contributed by atoms with E-state index in [2.05, 4.69) is 9.71 Å². The number of sulfonamides is 1. The minimum atomic E-state index is -4.43. The highest BCUT2D eigenvalue weighted by molar-refractivity contribution is 7.88. The third-order valence-electron chi connectivity index (χ3n) is 1.67. The van der Waals surface area contributed by atoms with E-state index in [4.69, 9.17) is 0 Å². The van der Waals surface area contributed by atoms with Crippen molar-refractivity contribution in [3.05, 3.63) is 29.6 Å². The highest BCUT2D eigenvalue weighted by atomic mass is 32.2. The van der Waals surface area contributed by atoms with E-state index in [0.717, 1.165) is 18.4 Å². The van der Waals surface area contributed by atoms with Gasteiger partial charge in [-0.05, 0) is 12.1 Å². The number of pyridine rings is 1. The summed E-state index contributed by atoms with van der Waals surface area (Å²) in [4.78, 5) is 3.50. The lowest BCUT2D eigenvalue weighted by atomic mass is 10.2. The third kappa shape index (κ3) is 4.15. The van der Waals surface area contributed by atoms with E-state index in [-0.39, 0.29) is 12.2 Å². The molecule has 0 aliphatic heterocycles. The Hall–Kier alpha value is -1.15. The largest absolute Gasteiger partial charge is 0.417 e. The van der Waals surface area contributed by atoms with Crippen LogP contribution in [0.25, 0.3) is 0 Å². The first-order chi connectivity index (χ1) is 7.18. The van der Waals surface area contributed by atoms with E-state index in [1.807, 2.05) is 0 Å². The van der Waals surface area contributed by atoms with Gasteiger partial charge in [0.1, 0.15) is 0 Å². The predicted molar refractivity (Wildman–Crippen MR) is 50.9 cm³/mol. The van der Waals surface area contributed by atoms with Crippen molar-refractivity contribution >= 4 is 10.0 Å². The number of nitrogens with zero attached hydrogens (tertiary/aromatic N) is 1. The lowest BCUT2D eigenvalue weighted by Crippen LogP contribution is -2.21. The monoisotopic (exact) mass is 254 g/mol. The second-order valence-corrected chi connectivity index (χ2v) is 4.96. The molecule has 1 aromatic rings. The molecule has 16 heavy (non-hydrogen) atoms. The smallest absolute Gasteiger partial charge is 0.259 e. The van der Waals surface area contributed by atoms with Crippen molar-refractivity contribution in [3.63, 3.8) is 0 Å². The summed E-state index contributed by atoms with van der Waals surface area (Å²) in [6.07, 6.45) is -2.81. The molecule has 0 unspecified atom stereocenters. The molecule has 0 atom stereocenters. The maximum atomic E-state index is 12.1. The van der Waals surface area contributed by atoms with Crippen molar-refractivity contribution in [2.75, 3.05) is 6.26 Å². The molecule has 0 aliphatic rings. The van der Waals surface area contributed by atoms with Crippen LogP contribution >= 0.6 is 0 Å². The first-order valence-electron chi connectivity index (χ1n) is 4.15. The number of nitrogens with one attached hydrogen (secondary N) is 1. The topological polar surface area (TPSA) is 59.1 Å². The Morgan fingerprint density at radius 3 is 2.38 bits per heavy atom. The van der Waals surface area contributed by atoms with Crippen LogP contribution in [0.4, 0.5) is 13.2 Å². The van der Waals surface area contributed by atoms with Gasteiger partial charge in [0.05, 0.1) is 24.1 Å². The van der Waals surface area contributed by atoms with Crippen molar-refractivity contribution in [3.8, 4) is 0 Å². The van der Waals surface area contributed by atoms with Crippen LogP contribution in [0, 0.1) is 0 Å². The SMILES string of the molecule is CS(=O)(=O)NCc1ccc(C(F)(F)F)cn1. The van der Waals surface area contributed by atoms with E-state index in [1.54, 1.807) is 0 Å². The summed E-state index contributed by atoms with van der Waals surface area (Å²) in [5.41, 5.74) is -0.644. The van der Waals surface area contributed by atoms with Crippen LogP contribution in [-0.4, -0.2) is 19.7 Å². The molecule has 0 spiro atoms. The second kappa shape index (κ2) is 4.38. The average molecular weight is 254 g/mol. The van der Waals surface area contributed by atoms with Gasteiger partial charge in [-0.3, -0.25) is 4.98 Å². The normalized spacial score (nSPS) is 12.8. The number of hydrogen-bond donors (Lipinski definition) is 1.